The molecule has 3 heteroatoms. The van der Waals surface area contributed by atoms with Crippen molar-refractivity contribution < 1.29 is 0 Å². The Labute approximate surface area is 60.5 Å². The zero-order valence-corrected chi connectivity index (χ0v) is 8.19. The second kappa shape index (κ2) is 6.26. The molecule has 56 valence electrons. The number of nitrogens with one attached hydrogen (secondary N) is 1. The lowest BCUT2D eigenvalue weighted by Crippen LogP contribution is -2.23. The van der Waals surface area contributed by atoms with Crippen LogP contribution >= 0.6 is 0 Å². The van der Waals surface area contributed by atoms with Gasteiger partial charge in [-0.2, -0.15) is 0 Å². The fraction of sp³-hybridized carbons (Fsp3) is 1.00. The van der Waals surface area contributed by atoms with Crippen LogP contribution in [0.4, 0.5) is 0 Å². The molecule has 9 heavy (non-hydrogen) atoms. The van der Waals surface area contributed by atoms with Crippen molar-refractivity contribution in [2.24, 2.45) is 0 Å². The first-order chi connectivity index (χ1) is 4.27. The van der Waals surface area contributed by atoms with Gasteiger partial charge in [0.05, 0.1) is 9.68 Å². The van der Waals surface area contributed by atoms with Crippen LogP contribution in [0.5, 0.6) is 0 Å². The Balaban J connectivity index is 2.75. The molecule has 0 aromatic heterocycles. The maximum Gasteiger partial charge on any atom is 0.0928 e. The lowest BCUT2D eigenvalue weighted by atomic mass is 10.7. The number of rotatable bonds is 5. The summed E-state index contributed by atoms with van der Waals surface area (Å²) in [6.45, 7) is 4.57. The molecule has 0 fully saturated rings. The van der Waals surface area contributed by atoms with Crippen LogP contribution in [0.1, 0.15) is 6.92 Å². The highest BCUT2D eigenvalue weighted by atomic mass is 28.2. The van der Waals surface area contributed by atoms with E-state index in [1.807, 2.05) is 0 Å². The van der Waals surface area contributed by atoms with Gasteiger partial charge in [0.2, 0.25) is 0 Å². The predicted octanol–water partition coefficient (Wildman–Crippen LogP) is -0.340. The van der Waals surface area contributed by atoms with Gasteiger partial charge in [-0.1, -0.05) is 6.92 Å². The van der Waals surface area contributed by atoms with E-state index in [1.54, 1.807) is 0 Å². The first kappa shape index (κ1) is 9.14. The Morgan fingerprint density at radius 3 is 2.56 bits per heavy atom. The molecule has 0 rings (SSSR count). The van der Waals surface area contributed by atoms with E-state index in [-0.39, 0.29) is 9.68 Å². The van der Waals surface area contributed by atoms with Gasteiger partial charge in [0, 0.05) is 0 Å². The fourth-order valence-electron chi connectivity index (χ4n) is 0.697. The van der Waals surface area contributed by atoms with Gasteiger partial charge < -0.3 is 9.88 Å². The van der Waals surface area contributed by atoms with Gasteiger partial charge >= 0.3 is 0 Å². The minimum atomic E-state index is 0.0768. The van der Waals surface area contributed by atoms with Crippen molar-refractivity contribution in [3.63, 3.8) is 0 Å². The normalized spacial score (nSPS) is 12.0. The van der Waals surface area contributed by atoms with Gasteiger partial charge in [0.25, 0.3) is 0 Å². The van der Waals surface area contributed by atoms with Gasteiger partial charge in [0.1, 0.15) is 0 Å². The highest BCUT2D eigenvalue weighted by Crippen LogP contribution is 1.78. The molecule has 0 aliphatic heterocycles. The van der Waals surface area contributed by atoms with Gasteiger partial charge in [-0.3, -0.25) is 0 Å². The molecule has 0 aromatic rings. The van der Waals surface area contributed by atoms with Crippen LogP contribution in [0.25, 0.3) is 0 Å². The van der Waals surface area contributed by atoms with Crippen molar-refractivity contribution >= 4 is 9.68 Å². The maximum absolute atomic E-state index is 3.42. The minimum Gasteiger partial charge on any atom is -0.342 e. The molecule has 0 aliphatic rings. The Morgan fingerprint density at radius 2 is 2.11 bits per heavy atom. The Bertz CT molecular complexity index is 57.0. The average molecular weight is 146 g/mol. The number of nitrogens with zero attached hydrogens (tertiary/aromatic N) is 1. The third-order valence-corrected chi connectivity index (χ3v) is 2.73. The van der Waals surface area contributed by atoms with Gasteiger partial charge in [0.15, 0.2) is 0 Å². The van der Waals surface area contributed by atoms with E-state index in [0.717, 1.165) is 6.54 Å². The number of hydrogen-bond acceptors (Lipinski definition) is 2. The van der Waals surface area contributed by atoms with Crippen LogP contribution in [-0.2, 0) is 0 Å². The number of hydrogen-bond donors (Lipinski definition) is 1. The molecular weight excluding hydrogens is 128 g/mol. The Morgan fingerprint density at radius 1 is 1.44 bits per heavy atom. The van der Waals surface area contributed by atoms with Gasteiger partial charge in [-0.15, -0.1) is 0 Å². The van der Waals surface area contributed by atoms with Crippen LogP contribution in [-0.4, -0.2) is 41.8 Å². The molecule has 0 aliphatic carbocycles. The van der Waals surface area contributed by atoms with Crippen molar-refractivity contribution in [1.29, 1.82) is 0 Å². The van der Waals surface area contributed by atoms with E-state index in [4.69, 9.17) is 0 Å². The van der Waals surface area contributed by atoms with Crippen LogP contribution in [0, 0.1) is 0 Å². The van der Waals surface area contributed by atoms with Crippen molar-refractivity contribution in [3.05, 3.63) is 0 Å². The molecule has 0 saturated heterocycles. The molecule has 0 amide bonds. The molecule has 2 nitrogen and oxygen atoms in total. The summed E-state index contributed by atoms with van der Waals surface area (Å²) in [7, 11) is 4.33. The lowest BCUT2D eigenvalue weighted by Gasteiger charge is -2.07. The van der Waals surface area contributed by atoms with E-state index >= 15 is 0 Å². The minimum absolute atomic E-state index is 0.0768. The third-order valence-electron chi connectivity index (χ3n) is 1.21. The Kier molecular flexibility index (Phi) is 6.35. The summed E-state index contributed by atoms with van der Waals surface area (Å²) in [6.07, 6.45) is 0. The summed E-state index contributed by atoms with van der Waals surface area (Å²) < 4.78 is 0. The van der Waals surface area contributed by atoms with Crippen molar-refractivity contribution in [3.8, 4) is 0 Å². The standard InChI is InChI=1S/C6H18N2Si/c1-4-7-9-6-5-8(2)3/h7H,4-6,9H2,1-3H3. The summed E-state index contributed by atoms with van der Waals surface area (Å²) in [5, 5.41) is 0. The fourth-order valence-corrected chi connectivity index (χ4v) is 2.09. The summed E-state index contributed by atoms with van der Waals surface area (Å²) in [5.74, 6) is 0. The molecule has 0 saturated carbocycles. The van der Waals surface area contributed by atoms with E-state index in [0.29, 0.717) is 0 Å². The first-order valence-corrected chi connectivity index (χ1v) is 5.33. The summed E-state index contributed by atoms with van der Waals surface area (Å²) in [5.41, 5.74) is 0. The average Bonchev–Trinajstić information content (AvgIpc) is 1.80. The zero-order valence-electron chi connectivity index (χ0n) is 6.78. The van der Waals surface area contributed by atoms with Crippen LogP contribution in [0.15, 0.2) is 0 Å². The second-order valence-electron chi connectivity index (χ2n) is 2.51. The maximum atomic E-state index is 3.42. The van der Waals surface area contributed by atoms with Crippen molar-refractivity contribution in [2.75, 3.05) is 27.2 Å². The molecule has 0 radical (unpaired) electrons. The Hall–Kier alpha value is 0.137. The van der Waals surface area contributed by atoms with Crippen molar-refractivity contribution in [1.82, 2.24) is 9.88 Å². The van der Waals surface area contributed by atoms with E-state index in [2.05, 4.69) is 30.9 Å². The van der Waals surface area contributed by atoms with E-state index < -0.39 is 0 Å². The quantitative estimate of drug-likeness (QED) is 0.422. The summed E-state index contributed by atoms with van der Waals surface area (Å²) in [4.78, 5) is 5.66. The third kappa shape index (κ3) is 8.14. The largest absolute Gasteiger partial charge is 0.342 e. The highest BCUT2D eigenvalue weighted by molar-refractivity contribution is 6.32. The van der Waals surface area contributed by atoms with Crippen LogP contribution in [0.3, 0.4) is 0 Å². The first-order valence-electron chi connectivity index (χ1n) is 3.62. The van der Waals surface area contributed by atoms with Crippen LogP contribution < -0.4 is 4.98 Å². The monoisotopic (exact) mass is 146 g/mol. The van der Waals surface area contributed by atoms with Gasteiger partial charge in [-0.25, -0.2) is 0 Å². The SMILES string of the molecule is CCN[SiH2]CCN(C)C. The van der Waals surface area contributed by atoms with Gasteiger partial charge in [-0.05, 0) is 33.2 Å². The lowest BCUT2D eigenvalue weighted by molar-refractivity contribution is 0.432. The van der Waals surface area contributed by atoms with E-state index in [1.165, 1.54) is 12.6 Å². The molecular formula is C6H18N2Si. The predicted molar refractivity (Wildman–Crippen MR) is 45.6 cm³/mol. The summed E-state index contributed by atoms with van der Waals surface area (Å²) >= 11 is 0. The molecule has 1 N–H and O–H groups in total. The van der Waals surface area contributed by atoms with Crippen molar-refractivity contribution in [2.45, 2.75) is 13.0 Å². The molecule has 0 atom stereocenters. The smallest absolute Gasteiger partial charge is 0.0928 e. The molecule has 0 unspecified atom stereocenters. The topological polar surface area (TPSA) is 15.3 Å². The molecule has 0 heterocycles. The molecule has 0 bridgehead atoms. The summed E-state index contributed by atoms with van der Waals surface area (Å²) in [6, 6.07) is 1.39. The van der Waals surface area contributed by atoms with Crippen LogP contribution in [0.2, 0.25) is 6.04 Å². The zero-order chi connectivity index (χ0) is 7.11. The highest BCUT2D eigenvalue weighted by Gasteiger charge is 1.88. The van der Waals surface area contributed by atoms with E-state index in [9.17, 15) is 0 Å². The second-order valence-corrected chi connectivity index (χ2v) is 4.22. The molecule has 0 spiro atoms. The molecule has 0 aromatic carbocycles.